The van der Waals surface area contributed by atoms with Gasteiger partial charge in [-0.3, -0.25) is 4.99 Å². The first kappa shape index (κ1) is 21.3. The Morgan fingerprint density at radius 2 is 1.90 bits per heavy atom. The number of aliphatic imine (C=N–C) groups is 1. The summed E-state index contributed by atoms with van der Waals surface area (Å²) in [5.74, 6) is 0.286. The fourth-order valence-corrected chi connectivity index (χ4v) is 1.50. The van der Waals surface area contributed by atoms with E-state index in [4.69, 9.17) is 5.41 Å². The van der Waals surface area contributed by atoms with Crippen LogP contribution in [0.1, 0.15) is 19.4 Å². The van der Waals surface area contributed by atoms with Crippen molar-refractivity contribution in [1.82, 2.24) is 4.90 Å². The fourth-order valence-electron chi connectivity index (χ4n) is 1.50. The first-order valence-corrected chi connectivity index (χ1v) is 6.61. The van der Waals surface area contributed by atoms with E-state index in [1.807, 2.05) is 18.2 Å². The zero-order chi connectivity index (χ0) is 14.5. The van der Waals surface area contributed by atoms with Crippen molar-refractivity contribution in [3.8, 4) is 5.75 Å². The standard InChI is InChI=1S/C13H20N2O.CNS.Cu/c1-3-15(4-2)10-9-14-11-12-7-5-6-8-13(12)16;2-1-3;/h5-8,11,16H,3-4,9-10H2,1-2H3;;/q;-1;+2. The number of likely N-dealkylation sites (N-methyl/N-ethyl adjacent to an activating group) is 1. The first-order chi connectivity index (χ1) is 9.19. The molecular formula is C14H20CuN3OS+. The third-order valence-corrected chi connectivity index (χ3v) is 2.61. The van der Waals surface area contributed by atoms with Gasteiger partial charge in [0.1, 0.15) is 5.75 Å². The second kappa shape index (κ2) is 14.4. The second-order valence-corrected chi connectivity index (χ2v) is 3.89. The normalized spacial score (nSPS) is 9.55. The summed E-state index contributed by atoms with van der Waals surface area (Å²) in [6, 6.07) is 7.23. The van der Waals surface area contributed by atoms with Crippen LogP contribution in [0, 0.1) is 0 Å². The molecule has 1 N–H and O–H groups in total. The van der Waals surface area contributed by atoms with Gasteiger partial charge in [0.2, 0.25) is 0 Å². The van der Waals surface area contributed by atoms with Crippen molar-refractivity contribution in [2.75, 3.05) is 26.2 Å². The van der Waals surface area contributed by atoms with Crippen LogP contribution in [0.25, 0.3) is 5.41 Å². The molecular weight excluding hydrogens is 322 g/mol. The monoisotopic (exact) mass is 341 g/mol. The maximum Gasteiger partial charge on any atom is 2.00 e. The number of rotatable bonds is 6. The molecule has 0 fully saturated rings. The van der Waals surface area contributed by atoms with E-state index in [2.05, 4.69) is 36.0 Å². The van der Waals surface area contributed by atoms with Crippen molar-refractivity contribution in [3.63, 3.8) is 0 Å². The van der Waals surface area contributed by atoms with E-state index in [9.17, 15) is 5.11 Å². The van der Waals surface area contributed by atoms with Crippen LogP contribution in [0.5, 0.6) is 5.75 Å². The number of thiocarbonyl (C=S) groups is 1. The van der Waals surface area contributed by atoms with Gasteiger partial charge in [0.15, 0.2) is 0 Å². The zero-order valence-corrected chi connectivity index (χ0v) is 13.5. The molecule has 0 saturated heterocycles. The van der Waals surface area contributed by atoms with Crippen molar-refractivity contribution < 1.29 is 22.2 Å². The summed E-state index contributed by atoms with van der Waals surface area (Å²) in [5, 5.41) is 18.0. The minimum Gasteiger partial charge on any atom is -0.753 e. The quantitative estimate of drug-likeness (QED) is 0.491. The van der Waals surface area contributed by atoms with Gasteiger partial charge in [0.05, 0.1) is 6.54 Å². The molecule has 0 aromatic heterocycles. The summed E-state index contributed by atoms with van der Waals surface area (Å²) in [5.41, 5.74) is 0.780. The molecule has 0 bridgehead atoms. The minimum absolute atomic E-state index is 0. The zero-order valence-electron chi connectivity index (χ0n) is 11.7. The molecule has 1 rings (SSSR count). The Balaban J connectivity index is 0. The van der Waals surface area contributed by atoms with E-state index < -0.39 is 0 Å². The average molecular weight is 342 g/mol. The number of phenolic OH excluding ortho intramolecular Hbond substituents is 1. The Morgan fingerprint density at radius 1 is 1.35 bits per heavy atom. The maximum atomic E-state index is 9.51. The molecule has 1 aromatic rings. The van der Waals surface area contributed by atoms with Gasteiger partial charge < -0.3 is 15.4 Å². The van der Waals surface area contributed by atoms with Gasteiger partial charge >= 0.3 is 17.1 Å². The van der Waals surface area contributed by atoms with E-state index >= 15 is 0 Å². The van der Waals surface area contributed by atoms with Gasteiger partial charge in [-0.1, -0.05) is 38.2 Å². The van der Waals surface area contributed by atoms with E-state index in [1.165, 1.54) is 5.16 Å². The predicted molar refractivity (Wildman–Crippen MR) is 84.3 cm³/mol. The smallest absolute Gasteiger partial charge is 0.753 e. The Morgan fingerprint density at radius 3 is 2.40 bits per heavy atom. The molecule has 1 aromatic carbocycles. The third-order valence-electron chi connectivity index (χ3n) is 2.61. The SMILES string of the molecule is CCN(CC)CCN=Cc1ccccc1O.[Cu+2].[N-]=C=S. The number of benzene rings is 1. The molecule has 0 aliphatic carbocycles. The van der Waals surface area contributed by atoms with Gasteiger partial charge in [0, 0.05) is 18.3 Å². The number of hydrogen-bond donors (Lipinski definition) is 1. The number of aromatic hydroxyl groups is 1. The summed E-state index contributed by atoms with van der Waals surface area (Å²) < 4.78 is 0. The van der Waals surface area contributed by atoms with E-state index in [1.54, 1.807) is 12.3 Å². The van der Waals surface area contributed by atoms with Crippen molar-refractivity contribution >= 4 is 23.6 Å². The average Bonchev–Trinajstić information content (AvgIpc) is 2.42. The summed E-state index contributed by atoms with van der Waals surface area (Å²) >= 11 is 3.70. The molecule has 0 spiro atoms. The van der Waals surface area contributed by atoms with Crippen molar-refractivity contribution in [1.29, 1.82) is 0 Å². The summed E-state index contributed by atoms with van der Waals surface area (Å²) in [7, 11) is 0. The predicted octanol–water partition coefficient (Wildman–Crippen LogP) is 2.81. The number of nitrogens with zero attached hydrogens (tertiary/aromatic N) is 3. The first-order valence-electron chi connectivity index (χ1n) is 6.20. The van der Waals surface area contributed by atoms with E-state index in [-0.39, 0.29) is 22.8 Å². The molecule has 0 unspecified atom stereocenters. The topological polar surface area (TPSA) is 58.1 Å². The van der Waals surface area contributed by atoms with Gasteiger partial charge in [-0.25, -0.2) is 0 Å². The molecule has 0 saturated carbocycles. The Hall–Kier alpha value is -1.03. The van der Waals surface area contributed by atoms with Crippen molar-refractivity contribution in [2.24, 2.45) is 4.99 Å². The Kier molecular flexibility index (Phi) is 15.3. The molecule has 0 aliphatic heterocycles. The van der Waals surface area contributed by atoms with Crippen LogP contribution in [-0.4, -0.2) is 47.6 Å². The minimum atomic E-state index is 0. The molecule has 6 heteroatoms. The molecule has 0 aliphatic rings. The van der Waals surface area contributed by atoms with Gasteiger partial charge in [-0.05, 0) is 25.2 Å². The molecule has 0 heterocycles. The molecule has 0 amide bonds. The number of para-hydroxylation sites is 1. The third kappa shape index (κ3) is 9.84. The maximum absolute atomic E-state index is 9.51. The molecule has 113 valence electrons. The van der Waals surface area contributed by atoms with Gasteiger partial charge in [0.25, 0.3) is 0 Å². The van der Waals surface area contributed by atoms with E-state index in [0.29, 0.717) is 0 Å². The fraction of sp³-hybridized carbons (Fsp3) is 0.429. The number of hydrogen-bond acceptors (Lipinski definition) is 4. The largest absolute Gasteiger partial charge is 2.00 e. The number of isothiocyanates is 1. The van der Waals surface area contributed by atoms with Crippen LogP contribution in [-0.2, 0) is 17.1 Å². The summed E-state index contributed by atoms with van der Waals surface area (Å²) in [4.78, 5) is 6.63. The summed E-state index contributed by atoms with van der Waals surface area (Å²) in [6.45, 7) is 8.16. The van der Waals surface area contributed by atoms with Crippen molar-refractivity contribution in [2.45, 2.75) is 13.8 Å². The van der Waals surface area contributed by atoms with Crippen LogP contribution in [0.4, 0.5) is 0 Å². The molecule has 20 heavy (non-hydrogen) atoms. The van der Waals surface area contributed by atoms with E-state index in [0.717, 1.165) is 31.7 Å². The van der Waals surface area contributed by atoms with Gasteiger partial charge in [-0.2, -0.15) is 5.16 Å². The van der Waals surface area contributed by atoms with Crippen LogP contribution in [0.15, 0.2) is 29.3 Å². The van der Waals surface area contributed by atoms with Crippen LogP contribution < -0.4 is 0 Å². The molecule has 0 atom stereocenters. The molecule has 4 nitrogen and oxygen atoms in total. The van der Waals surface area contributed by atoms with Crippen LogP contribution in [0.3, 0.4) is 0 Å². The van der Waals surface area contributed by atoms with Gasteiger partial charge in [-0.15, -0.1) is 0 Å². The summed E-state index contributed by atoms with van der Waals surface area (Å²) in [6.07, 6.45) is 1.73. The Labute approximate surface area is 136 Å². The van der Waals surface area contributed by atoms with Crippen LogP contribution in [0.2, 0.25) is 0 Å². The van der Waals surface area contributed by atoms with Crippen molar-refractivity contribution in [3.05, 3.63) is 35.2 Å². The van der Waals surface area contributed by atoms with Crippen LogP contribution >= 0.6 is 12.2 Å². The Bertz CT molecular complexity index is 417. The number of phenols is 1. The molecule has 1 radical (unpaired) electrons. The second-order valence-electron chi connectivity index (χ2n) is 3.71.